The van der Waals surface area contributed by atoms with E-state index in [2.05, 4.69) is 29.2 Å². The zero-order chi connectivity index (χ0) is 14.2. The van der Waals surface area contributed by atoms with Crippen LogP contribution in [0.4, 0.5) is 5.82 Å². The molecule has 3 rings (SSSR count). The molecule has 3 heterocycles. The average molecular weight is 276 g/mol. The van der Waals surface area contributed by atoms with Gasteiger partial charge in [0.2, 0.25) is 0 Å². The van der Waals surface area contributed by atoms with E-state index in [9.17, 15) is 5.11 Å². The number of nitrogens with one attached hydrogen (secondary N) is 1. The van der Waals surface area contributed by atoms with Crippen LogP contribution in [0.15, 0.2) is 18.5 Å². The SMILES string of the molecule is CC(C)c1cc2c(NCC3(O)CCOC3)nccn2n1. The molecule has 6 nitrogen and oxygen atoms in total. The molecule has 0 saturated carbocycles. The predicted octanol–water partition coefficient (Wildman–Crippen LogP) is 1.42. The number of nitrogens with zero attached hydrogens (tertiary/aromatic N) is 3. The Labute approximate surface area is 117 Å². The van der Waals surface area contributed by atoms with Crippen molar-refractivity contribution in [2.75, 3.05) is 25.1 Å². The van der Waals surface area contributed by atoms with E-state index in [1.165, 1.54) is 0 Å². The third-order valence-electron chi connectivity index (χ3n) is 3.67. The number of aromatic nitrogens is 3. The highest BCUT2D eigenvalue weighted by molar-refractivity contribution is 5.68. The molecule has 1 aliphatic heterocycles. The zero-order valence-electron chi connectivity index (χ0n) is 11.8. The van der Waals surface area contributed by atoms with Gasteiger partial charge >= 0.3 is 0 Å². The fourth-order valence-corrected chi connectivity index (χ4v) is 2.34. The van der Waals surface area contributed by atoms with Crippen LogP contribution in [0.25, 0.3) is 5.52 Å². The molecule has 0 bridgehead atoms. The van der Waals surface area contributed by atoms with Gasteiger partial charge in [0.1, 0.15) is 11.1 Å². The Morgan fingerprint density at radius 1 is 1.55 bits per heavy atom. The van der Waals surface area contributed by atoms with E-state index in [1.807, 2.05) is 16.8 Å². The Hall–Kier alpha value is -1.66. The van der Waals surface area contributed by atoms with Crippen LogP contribution in [-0.4, -0.2) is 45.1 Å². The summed E-state index contributed by atoms with van der Waals surface area (Å²) in [5.74, 6) is 1.11. The number of aliphatic hydroxyl groups is 1. The van der Waals surface area contributed by atoms with Gasteiger partial charge in [-0.2, -0.15) is 5.10 Å². The van der Waals surface area contributed by atoms with Crippen molar-refractivity contribution in [2.45, 2.75) is 31.8 Å². The highest BCUT2D eigenvalue weighted by Gasteiger charge is 2.32. The van der Waals surface area contributed by atoms with Gasteiger partial charge in [-0.15, -0.1) is 0 Å². The van der Waals surface area contributed by atoms with Crippen molar-refractivity contribution in [3.05, 3.63) is 24.2 Å². The van der Waals surface area contributed by atoms with E-state index in [4.69, 9.17) is 4.74 Å². The summed E-state index contributed by atoms with van der Waals surface area (Å²) in [6.07, 6.45) is 4.20. The van der Waals surface area contributed by atoms with Crippen LogP contribution in [0.3, 0.4) is 0 Å². The predicted molar refractivity (Wildman–Crippen MR) is 76.0 cm³/mol. The van der Waals surface area contributed by atoms with Crippen molar-refractivity contribution in [1.29, 1.82) is 0 Å². The lowest BCUT2D eigenvalue weighted by atomic mass is 10.0. The van der Waals surface area contributed by atoms with Crippen molar-refractivity contribution in [2.24, 2.45) is 0 Å². The van der Waals surface area contributed by atoms with Gasteiger partial charge in [0.15, 0.2) is 5.82 Å². The van der Waals surface area contributed by atoms with Crippen LogP contribution in [0.1, 0.15) is 31.9 Å². The minimum atomic E-state index is -0.796. The molecule has 2 N–H and O–H groups in total. The normalized spacial score (nSPS) is 22.8. The van der Waals surface area contributed by atoms with Gasteiger partial charge in [0, 0.05) is 32.0 Å². The van der Waals surface area contributed by atoms with E-state index < -0.39 is 5.60 Å². The van der Waals surface area contributed by atoms with Crippen LogP contribution in [0, 0.1) is 0 Å². The van der Waals surface area contributed by atoms with Crippen LogP contribution >= 0.6 is 0 Å². The smallest absolute Gasteiger partial charge is 0.152 e. The molecule has 0 aliphatic carbocycles. The average Bonchev–Trinajstić information content (AvgIpc) is 3.03. The molecule has 1 unspecified atom stereocenters. The number of hydrogen-bond acceptors (Lipinski definition) is 5. The minimum Gasteiger partial charge on any atom is -0.386 e. The number of rotatable bonds is 4. The van der Waals surface area contributed by atoms with Crippen molar-refractivity contribution in [3.63, 3.8) is 0 Å². The molecule has 1 aliphatic rings. The van der Waals surface area contributed by atoms with Gasteiger partial charge in [0.05, 0.1) is 12.3 Å². The Morgan fingerprint density at radius 3 is 3.10 bits per heavy atom. The third kappa shape index (κ3) is 2.48. The highest BCUT2D eigenvalue weighted by atomic mass is 16.5. The monoisotopic (exact) mass is 276 g/mol. The van der Waals surface area contributed by atoms with E-state index in [-0.39, 0.29) is 0 Å². The molecule has 6 heteroatoms. The standard InChI is InChI=1S/C14H20N4O2/c1-10(2)11-7-12-13(15-4-5-18(12)17-11)16-8-14(19)3-6-20-9-14/h4-5,7,10,19H,3,6,8-9H2,1-2H3,(H,15,16). The first-order valence-electron chi connectivity index (χ1n) is 6.96. The van der Waals surface area contributed by atoms with Crippen molar-refractivity contribution in [3.8, 4) is 0 Å². The van der Waals surface area contributed by atoms with Gasteiger partial charge in [-0.05, 0) is 12.0 Å². The first kappa shape index (κ1) is 13.3. The van der Waals surface area contributed by atoms with E-state index in [0.717, 1.165) is 17.0 Å². The molecule has 0 amide bonds. The fourth-order valence-electron chi connectivity index (χ4n) is 2.34. The second-order valence-electron chi connectivity index (χ2n) is 5.71. The second kappa shape index (κ2) is 5.03. The fraction of sp³-hybridized carbons (Fsp3) is 0.571. The lowest BCUT2D eigenvalue weighted by molar-refractivity contribution is 0.0381. The molecule has 1 atom stereocenters. The summed E-state index contributed by atoms with van der Waals surface area (Å²) >= 11 is 0. The number of fused-ring (bicyclic) bond motifs is 1. The van der Waals surface area contributed by atoms with Crippen molar-refractivity contribution >= 4 is 11.3 Å². The lowest BCUT2D eigenvalue weighted by Gasteiger charge is -2.21. The Balaban J connectivity index is 1.83. The highest BCUT2D eigenvalue weighted by Crippen LogP contribution is 2.22. The largest absolute Gasteiger partial charge is 0.386 e. The zero-order valence-corrected chi connectivity index (χ0v) is 11.8. The summed E-state index contributed by atoms with van der Waals surface area (Å²) in [5.41, 5.74) is 1.16. The minimum absolute atomic E-state index is 0.371. The second-order valence-corrected chi connectivity index (χ2v) is 5.71. The van der Waals surface area contributed by atoms with Gasteiger partial charge < -0.3 is 15.2 Å². The summed E-state index contributed by atoms with van der Waals surface area (Å²) in [7, 11) is 0. The molecule has 0 aromatic carbocycles. The number of hydrogen-bond donors (Lipinski definition) is 2. The molecule has 1 saturated heterocycles. The number of anilines is 1. The van der Waals surface area contributed by atoms with E-state index in [0.29, 0.717) is 32.1 Å². The quantitative estimate of drug-likeness (QED) is 0.883. The summed E-state index contributed by atoms with van der Waals surface area (Å²) in [6.45, 7) is 5.64. The summed E-state index contributed by atoms with van der Waals surface area (Å²) in [5, 5.41) is 18.0. The first-order chi connectivity index (χ1) is 9.57. The molecular weight excluding hydrogens is 256 g/mol. The molecule has 1 fully saturated rings. The molecule has 2 aromatic heterocycles. The first-order valence-corrected chi connectivity index (χ1v) is 6.96. The van der Waals surface area contributed by atoms with E-state index in [1.54, 1.807) is 6.20 Å². The van der Waals surface area contributed by atoms with Gasteiger partial charge in [-0.25, -0.2) is 9.50 Å². The van der Waals surface area contributed by atoms with Gasteiger partial charge in [-0.1, -0.05) is 13.8 Å². The lowest BCUT2D eigenvalue weighted by Crippen LogP contribution is -2.37. The topological polar surface area (TPSA) is 71.7 Å². The van der Waals surface area contributed by atoms with Crippen molar-refractivity contribution < 1.29 is 9.84 Å². The maximum atomic E-state index is 10.3. The maximum Gasteiger partial charge on any atom is 0.152 e. The van der Waals surface area contributed by atoms with Gasteiger partial charge in [0.25, 0.3) is 0 Å². The third-order valence-corrected chi connectivity index (χ3v) is 3.67. The van der Waals surface area contributed by atoms with Crippen molar-refractivity contribution in [1.82, 2.24) is 14.6 Å². The number of ether oxygens (including phenoxy) is 1. The summed E-state index contributed by atoms with van der Waals surface area (Å²) in [6, 6.07) is 2.04. The molecule has 20 heavy (non-hydrogen) atoms. The van der Waals surface area contributed by atoms with Crippen LogP contribution in [0.5, 0.6) is 0 Å². The molecule has 0 radical (unpaired) electrons. The van der Waals surface area contributed by atoms with E-state index >= 15 is 0 Å². The molecule has 0 spiro atoms. The van der Waals surface area contributed by atoms with Crippen LogP contribution < -0.4 is 5.32 Å². The van der Waals surface area contributed by atoms with Crippen LogP contribution in [0.2, 0.25) is 0 Å². The Kier molecular flexibility index (Phi) is 3.35. The molecular formula is C14H20N4O2. The maximum absolute atomic E-state index is 10.3. The Bertz CT molecular complexity index is 602. The van der Waals surface area contributed by atoms with Gasteiger partial charge in [-0.3, -0.25) is 0 Å². The summed E-state index contributed by atoms with van der Waals surface area (Å²) in [4.78, 5) is 4.35. The molecule has 2 aromatic rings. The Morgan fingerprint density at radius 2 is 2.40 bits per heavy atom. The van der Waals surface area contributed by atoms with Crippen LogP contribution in [-0.2, 0) is 4.74 Å². The summed E-state index contributed by atoms with van der Waals surface area (Å²) < 4.78 is 7.06. The molecule has 108 valence electrons.